The Morgan fingerprint density at radius 2 is 2.04 bits per heavy atom. The number of nitrogens with zero attached hydrogens (tertiary/aromatic N) is 4. The number of pyridine rings is 1. The zero-order valence-corrected chi connectivity index (χ0v) is 15.6. The minimum Gasteiger partial charge on any atom is -0.342 e. The van der Waals surface area contributed by atoms with Crippen molar-refractivity contribution in [2.24, 2.45) is 0 Å². The fraction of sp³-hybridized carbons (Fsp3) is 0.471. The number of carbonyl (C=O) groups is 2. The number of anilines is 1. The molecule has 1 fully saturated rings. The summed E-state index contributed by atoms with van der Waals surface area (Å²) < 4.78 is 39.0. The van der Waals surface area contributed by atoms with Gasteiger partial charge in [-0.3, -0.25) is 13.7 Å². The van der Waals surface area contributed by atoms with Crippen LogP contribution in [0, 0.1) is 0 Å². The zero-order valence-electron chi connectivity index (χ0n) is 14.7. The Morgan fingerprint density at radius 1 is 1.32 bits per heavy atom. The topological polar surface area (TPSA) is 70.5 Å². The van der Waals surface area contributed by atoms with Crippen LogP contribution < -0.4 is 10.2 Å². The second kappa shape index (κ2) is 6.87. The molecular weight excluding hydrogens is 395 g/mol. The number of thiol groups is 1. The molecule has 1 saturated heterocycles. The molecule has 7 nitrogen and oxygen atoms in total. The van der Waals surface area contributed by atoms with E-state index >= 15 is 0 Å². The Bertz CT molecular complexity index is 937. The Hall–Kier alpha value is -2.43. The van der Waals surface area contributed by atoms with E-state index < -0.39 is 18.5 Å². The quantitative estimate of drug-likeness (QED) is 0.744. The van der Waals surface area contributed by atoms with Crippen molar-refractivity contribution in [2.75, 3.05) is 18.0 Å². The summed E-state index contributed by atoms with van der Waals surface area (Å²) in [7, 11) is 0. The van der Waals surface area contributed by atoms with Gasteiger partial charge in [0.15, 0.2) is 5.65 Å². The van der Waals surface area contributed by atoms with Gasteiger partial charge in [0.05, 0.1) is 5.69 Å². The van der Waals surface area contributed by atoms with Gasteiger partial charge in [0.25, 0.3) is 0 Å². The van der Waals surface area contributed by atoms with Crippen LogP contribution in [0.4, 0.5) is 23.7 Å². The highest BCUT2D eigenvalue weighted by Gasteiger charge is 2.38. The van der Waals surface area contributed by atoms with Gasteiger partial charge in [-0.15, -0.1) is 0 Å². The van der Waals surface area contributed by atoms with Gasteiger partial charge >= 0.3 is 12.2 Å². The molecule has 28 heavy (non-hydrogen) atoms. The molecule has 0 spiro atoms. The standard InChI is InChI=1S/C17H18F3N5O2S/c18-17(19,20)7-13(26)23-4-1-11(2-5-23)25-14-10(9-22-16(25)27)8-21-15-12(14)3-6-24(15)28/h3,6,8,11,28H,1-2,4-5,7,9H2,(H,22,27). The molecule has 0 aliphatic carbocycles. The second-order valence-corrected chi connectivity index (χ2v) is 7.39. The van der Waals surface area contributed by atoms with Crippen molar-refractivity contribution in [3.63, 3.8) is 0 Å². The molecule has 0 saturated carbocycles. The van der Waals surface area contributed by atoms with Crippen LogP contribution in [0.3, 0.4) is 0 Å². The van der Waals surface area contributed by atoms with Gasteiger partial charge in [-0.1, -0.05) is 12.8 Å². The molecule has 150 valence electrons. The first-order valence-corrected chi connectivity index (χ1v) is 9.24. The molecule has 2 aliphatic heterocycles. The summed E-state index contributed by atoms with van der Waals surface area (Å²) in [5, 5.41) is 3.60. The number of alkyl halides is 3. The van der Waals surface area contributed by atoms with E-state index in [2.05, 4.69) is 23.1 Å². The molecule has 4 heterocycles. The van der Waals surface area contributed by atoms with Crippen molar-refractivity contribution in [3.05, 3.63) is 24.0 Å². The van der Waals surface area contributed by atoms with E-state index in [1.807, 2.05) is 6.07 Å². The van der Waals surface area contributed by atoms with Gasteiger partial charge in [-0.05, 0) is 18.9 Å². The number of likely N-dealkylation sites (tertiary alicyclic amines) is 1. The molecule has 0 bridgehead atoms. The highest BCUT2D eigenvalue weighted by molar-refractivity contribution is 7.78. The van der Waals surface area contributed by atoms with Crippen LogP contribution in [0.2, 0.25) is 0 Å². The maximum atomic E-state index is 12.6. The van der Waals surface area contributed by atoms with E-state index in [0.717, 1.165) is 16.6 Å². The molecule has 2 aliphatic rings. The van der Waals surface area contributed by atoms with Crippen LogP contribution in [-0.2, 0) is 11.3 Å². The highest BCUT2D eigenvalue weighted by atomic mass is 32.1. The van der Waals surface area contributed by atoms with E-state index in [9.17, 15) is 22.8 Å². The molecule has 1 N–H and O–H groups in total. The summed E-state index contributed by atoms with van der Waals surface area (Å²) in [6.45, 7) is 0.718. The number of carbonyl (C=O) groups excluding carboxylic acids is 2. The first-order valence-electron chi connectivity index (χ1n) is 8.84. The average Bonchev–Trinajstić information content (AvgIpc) is 3.02. The summed E-state index contributed by atoms with van der Waals surface area (Å²) in [5.74, 6) is -0.923. The summed E-state index contributed by atoms with van der Waals surface area (Å²) in [4.78, 5) is 31.7. The first kappa shape index (κ1) is 18.9. The Kier molecular flexibility index (Phi) is 4.64. The fourth-order valence-electron chi connectivity index (χ4n) is 3.88. The molecule has 0 unspecified atom stereocenters. The Balaban J connectivity index is 1.57. The number of fused-ring (bicyclic) bond motifs is 3. The molecule has 11 heteroatoms. The monoisotopic (exact) mass is 413 g/mol. The number of piperidine rings is 1. The number of urea groups is 1. The van der Waals surface area contributed by atoms with Crippen LogP contribution in [0.5, 0.6) is 0 Å². The lowest BCUT2D eigenvalue weighted by atomic mass is 9.99. The van der Waals surface area contributed by atoms with Gasteiger partial charge in [-0.2, -0.15) is 13.2 Å². The third-order valence-electron chi connectivity index (χ3n) is 5.17. The van der Waals surface area contributed by atoms with E-state index in [4.69, 9.17) is 0 Å². The number of nitrogens with one attached hydrogen (secondary N) is 1. The molecular formula is C17H18F3N5O2S. The number of amides is 3. The SMILES string of the molecule is O=C(CC(F)(F)F)N1CCC(N2C(=O)NCc3cnc4c(ccn4S)c32)CC1. The van der Waals surface area contributed by atoms with Crippen molar-refractivity contribution >= 4 is 41.5 Å². The van der Waals surface area contributed by atoms with Crippen molar-refractivity contribution < 1.29 is 22.8 Å². The second-order valence-electron chi connectivity index (χ2n) is 6.96. The summed E-state index contributed by atoms with van der Waals surface area (Å²) >= 11 is 4.32. The Labute approximate surface area is 164 Å². The van der Waals surface area contributed by atoms with Crippen LogP contribution >= 0.6 is 12.8 Å². The van der Waals surface area contributed by atoms with E-state index in [-0.39, 0.29) is 25.2 Å². The lowest BCUT2D eigenvalue weighted by Gasteiger charge is -2.41. The van der Waals surface area contributed by atoms with Crippen LogP contribution in [0.1, 0.15) is 24.8 Å². The van der Waals surface area contributed by atoms with Gasteiger partial charge in [-0.25, -0.2) is 9.78 Å². The fourth-order valence-corrected chi connectivity index (χ4v) is 4.10. The minimum atomic E-state index is -4.52. The van der Waals surface area contributed by atoms with Crippen LogP contribution in [-0.4, -0.2) is 51.1 Å². The molecule has 0 aromatic carbocycles. The lowest BCUT2D eigenvalue weighted by molar-refractivity contribution is -0.162. The normalized spacial score (nSPS) is 18.4. The van der Waals surface area contributed by atoms with E-state index in [1.165, 1.54) is 4.90 Å². The largest absolute Gasteiger partial charge is 0.397 e. The average molecular weight is 413 g/mol. The van der Waals surface area contributed by atoms with Gasteiger partial charge in [0.2, 0.25) is 5.91 Å². The number of halogens is 3. The predicted octanol–water partition coefficient (Wildman–Crippen LogP) is 2.70. The van der Waals surface area contributed by atoms with Crippen LogP contribution in [0.25, 0.3) is 11.0 Å². The van der Waals surface area contributed by atoms with Crippen molar-refractivity contribution in [2.45, 2.75) is 38.0 Å². The minimum absolute atomic E-state index is 0.181. The third kappa shape index (κ3) is 3.38. The number of rotatable bonds is 2. The smallest absolute Gasteiger partial charge is 0.342 e. The summed E-state index contributed by atoms with van der Waals surface area (Å²) in [6.07, 6.45) is -1.72. The molecule has 2 aromatic heterocycles. The zero-order chi connectivity index (χ0) is 20.1. The van der Waals surface area contributed by atoms with E-state index in [1.54, 1.807) is 21.3 Å². The maximum absolute atomic E-state index is 12.6. The number of hydrogen-bond acceptors (Lipinski definition) is 4. The Morgan fingerprint density at radius 3 is 2.71 bits per heavy atom. The molecule has 0 radical (unpaired) electrons. The number of hydrogen-bond donors (Lipinski definition) is 2. The van der Waals surface area contributed by atoms with Gasteiger partial charge in [0.1, 0.15) is 6.42 Å². The maximum Gasteiger partial charge on any atom is 0.397 e. The van der Waals surface area contributed by atoms with Crippen molar-refractivity contribution in [1.82, 2.24) is 19.2 Å². The first-order chi connectivity index (χ1) is 13.2. The van der Waals surface area contributed by atoms with Crippen molar-refractivity contribution in [3.8, 4) is 0 Å². The molecule has 2 aromatic rings. The molecule has 0 atom stereocenters. The molecule has 3 amide bonds. The summed E-state index contributed by atoms with van der Waals surface area (Å²) in [5.41, 5.74) is 2.24. The third-order valence-corrected chi connectivity index (χ3v) is 5.49. The number of aromatic nitrogens is 2. The van der Waals surface area contributed by atoms with Gasteiger partial charge < -0.3 is 10.2 Å². The molecule has 4 rings (SSSR count). The van der Waals surface area contributed by atoms with Crippen molar-refractivity contribution in [1.29, 1.82) is 0 Å². The predicted molar refractivity (Wildman–Crippen MR) is 99.1 cm³/mol. The van der Waals surface area contributed by atoms with E-state index in [0.29, 0.717) is 25.0 Å². The summed E-state index contributed by atoms with van der Waals surface area (Å²) in [6, 6.07) is 1.36. The van der Waals surface area contributed by atoms with Crippen LogP contribution in [0.15, 0.2) is 18.5 Å². The highest BCUT2D eigenvalue weighted by Crippen LogP contribution is 2.36. The van der Waals surface area contributed by atoms with Gasteiger partial charge in [0, 0.05) is 49.0 Å². The lowest BCUT2D eigenvalue weighted by Crippen LogP contribution is -2.54.